The molecule has 5 rings (SSSR count). The molecule has 3 aliphatic carbocycles. The van der Waals surface area contributed by atoms with E-state index in [0.29, 0.717) is 49.3 Å². The van der Waals surface area contributed by atoms with Crippen LogP contribution in [0.15, 0.2) is 36.4 Å². The van der Waals surface area contributed by atoms with Gasteiger partial charge in [-0.3, -0.25) is 19.4 Å². The Bertz CT molecular complexity index is 1750. The Labute approximate surface area is 472 Å². The number of aliphatic hydroxyl groups is 2. The molecule has 0 amide bonds. The zero-order valence-corrected chi connectivity index (χ0v) is 47.8. The van der Waals surface area contributed by atoms with Gasteiger partial charge in [0, 0.05) is 68.9 Å². The molecule has 0 heterocycles. The molecule has 23 heteroatoms. The molecular formula is C49H77Br2ClNO18Y-. The maximum Gasteiger partial charge on any atom is 0.414 e. The normalized spacial score (nSPS) is 17.6. The van der Waals surface area contributed by atoms with Gasteiger partial charge in [-0.2, -0.15) is 10.5 Å². The summed E-state index contributed by atoms with van der Waals surface area (Å²) in [4.78, 5) is 46.2. The molecule has 72 heavy (non-hydrogen) atoms. The van der Waals surface area contributed by atoms with Crippen molar-refractivity contribution in [3.05, 3.63) is 54.4 Å². The van der Waals surface area contributed by atoms with Gasteiger partial charge >= 0.3 is 11.9 Å². The van der Waals surface area contributed by atoms with Crippen molar-refractivity contribution in [1.82, 2.24) is 0 Å². The van der Waals surface area contributed by atoms with E-state index < -0.39 is 11.9 Å². The molecule has 0 bridgehead atoms. The quantitative estimate of drug-likeness (QED) is 0.0222. The monoisotopic (exact) mass is 1250 g/mol. The van der Waals surface area contributed by atoms with Crippen LogP contribution in [0.2, 0.25) is 0 Å². The van der Waals surface area contributed by atoms with Gasteiger partial charge < -0.3 is 61.5 Å². The van der Waals surface area contributed by atoms with Crippen LogP contribution in [0, 0.1) is 19.1 Å². The number of Topliss-reactive ketones (excluding diaryl/α,β-unsaturated/α-hetero) is 2. The van der Waals surface area contributed by atoms with Gasteiger partial charge in [-0.1, -0.05) is 77.3 Å². The number of hydrogen-bond acceptors (Lipinski definition) is 17. The number of benzene rings is 2. The molecule has 0 aromatic heterocycles. The third-order valence-corrected chi connectivity index (χ3v) is 11.7. The van der Waals surface area contributed by atoms with Gasteiger partial charge in [-0.25, -0.2) is 9.59 Å². The van der Waals surface area contributed by atoms with Crippen LogP contribution in [-0.2, 0) is 84.0 Å². The Hall–Kier alpha value is -2.85. The maximum absolute atomic E-state index is 11.0. The molecule has 2 unspecified atom stereocenters. The maximum atomic E-state index is 11.0. The number of methoxy groups -OCH3 is 4. The first kappa shape index (κ1) is 75.7. The Morgan fingerprint density at radius 1 is 0.750 bits per heavy atom. The van der Waals surface area contributed by atoms with Crippen LogP contribution in [0.1, 0.15) is 102 Å². The van der Waals surface area contributed by atoms with E-state index in [0.717, 1.165) is 86.6 Å². The standard InChI is InChI=1S/C16H25NO3.C10H14O3.C8H13O2.C6H9ClO.C4H8Br2O.2C2H2O4.CH4.Y/c1-18-15-8-7-12(11-16(15)19-2)9-10-20-14-6-4-3-5-13(14)17;1-12-9-4-3-8(5-6-11)7-10(9)13-2;1-2-10-8-6-4-3-5-7(8)9;7-5-3-1-2-4-6(5)8;5-2-1-4(7)3-6;3-5-1-2-6-4;3-1(4)2(5)6;;/h7-8,11,13-14H,3-6,9-10,17H2,1-2H3;3-4,7,11H,5-6H2,1-2H3;8H,1-6H2;5H,1-4H2;4,7H,1-3H2;3-4H;(H,3,4)(H,5,6);1H4;/q;;-1;;;;;;/t13-,14-;;;;4-;;;;/m1...1..../s1. The smallest absolute Gasteiger partial charge is 0.414 e. The summed E-state index contributed by atoms with van der Waals surface area (Å²) in [6, 6.07) is 11.8. The van der Waals surface area contributed by atoms with Crippen LogP contribution in [0.4, 0.5) is 0 Å². The van der Waals surface area contributed by atoms with Crippen molar-refractivity contribution >= 4 is 67.0 Å². The summed E-state index contributed by atoms with van der Waals surface area (Å²) >= 11 is 12.0. The van der Waals surface area contributed by atoms with E-state index in [1.54, 1.807) is 28.4 Å². The Balaban J connectivity index is -0.000000392. The fourth-order valence-corrected chi connectivity index (χ4v) is 7.43. The summed E-state index contributed by atoms with van der Waals surface area (Å²) in [5, 5.41) is 48.4. The molecule has 3 aliphatic rings. The number of carbonyl (C=O) groups excluding carboxylic acids is 2. The largest absolute Gasteiger partial charge is 0.493 e. The fraction of sp³-hybridized carbons (Fsp3) is 0.612. The van der Waals surface area contributed by atoms with Crippen LogP contribution in [0.3, 0.4) is 0 Å². The Morgan fingerprint density at radius 3 is 1.58 bits per heavy atom. The molecule has 3 fully saturated rings. The van der Waals surface area contributed by atoms with Crippen molar-refractivity contribution in [2.45, 2.75) is 133 Å². The average molecular weight is 1250 g/mol. The molecule has 0 saturated heterocycles. The van der Waals surface area contributed by atoms with Crippen molar-refractivity contribution < 1.29 is 121 Å². The zero-order valence-electron chi connectivity index (χ0n) is 41.1. The number of carboxylic acids is 2. The van der Waals surface area contributed by atoms with E-state index in [2.05, 4.69) is 48.6 Å². The SMILES string of the molecule is C.COc1ccc(CCO)cc1OC.COc1ccc(CCO[C@@H]2CCCC[C@H]2N)cc1OC.O=C(O)C(=O)O.O=C1CCCCC1Cl.OOC#COO.O[C@@H](CBr)CCBr.[CH2-]COC1CCCCC1=O.[Y]. The topological polar surface area (TPSA) is 290 Å². The van der Waals surface area contributed by atoms with Gasteiger partial charge in [0.2, 0.25) is 12.2 Å². The minimum absolute atomic E-state index is 0. The summed E-state index contributed by atoms with van der Waals surface area (Å²) in [7, 11) is 6.49. The number of nitrogens with two attached hydrogens (primary N) is 1. The first-order chi connectivity index (χ1) is 33.6. The second-order valence-corrected chi connectivity index (χ2v) is 17.0. The third kappa shape index (κ3) is 37.8. The van der Waals surface area contributed by atoms with Crippen LogP contribution >= 0.6 is 43.5 Å². The number of carbonyl (C=O) groups is 4. The molecule has 411 valence electrons. The van der Waals surface area contributed by atoms with Crippen LogP contribution < -0.4 is 24.7 Å². The Morgan fingerprint density at radius 2 is 1.22 bits per heavy atom. The first-order valence-electron chi connectivity index (χ1n) is 22.4. The molecule has 2 aromatic carbocycles. The van der Waals surface area contributed by atoms with Crippen LogP contribution in [-0.4, -0.2) is 143 Å². The van der Waals surface area contributed by atoms with Crippen molar-refractivity contribution in [3.63, 3.8) is 0 Å². The third-order valence-electron chi connectivity index (χ3n) is 10.0. The van der Waals surface area contributed by atoms with Gasteiger partial charge in [0.15, 0.2) is 34.6 Å². The average Bonchev–Trinajstić information content (AvgIpc) is 3.36. The molecule has 8 N–H and O–H groups in total. The van der Waals surface area contributed by atoms with Gasteiger partial charge in [0.05, 0.1) is 52.6 Å². The molecule has 0 aliphatic heterocycles. The van der Waals surface area contributed by atoms with E-state index in [4.69, 9.17) is 86.3 Å². The number of ketones is 2. The first-order valence-corrected chi connectivity index (χ1v) is 25.1. The molecule has 19 nitrogen and oxygen atoms in total. The summed E-state index contributed by atoms with van der Waals surface area (Å²) < 4.78 is 31.8. The molecular weight excluding hydrogens is 1170 g/mol. The van der Waals surface area contributed by atoms with E-state index in [1.165, 1.54) is 30.6 Å². The van der Waals surface area contributed by atoms with Gasteiger partial charge in [0.1, 0.15) is 6.10 Å². The minimum Gasteiger partial charge on any atom is -0.493 e. The van der Waals surface area contributed by atoms with Crippen molar-refractivity contribution in [2.75, 3.05) is 58.9 Å². The van der Waals surface area contributed by atoms with Crippen molar-refractivity contribution in [3.8, 4) is 35.2 Å². The van der Waals surface area contributed by atoms with Crippen LogP contribution in [0.5, 0.6) is 23.0 Å². The minimum atomic E-state index is -1.82. The van der Waals surface area contributed by atoms with E-state index in [1.807, 2.05) is 36.4 Å². The summed E-state index contributed by atoms with van der Waals surface area (Å²) in [5.41, 5.74) is 8.31. The number of hydrogen-bond donors (Lipinski definition) is 7. The molecule has 1 radical (unpaired) electrons. The van der Waals surface area contributed by atoms with Gasteiger partial charge in [-0.05, 0) is 99.6 Å². The molecule has 2 aromatic rings. The second-order valence-electron chi connectivity index (χ2n) is 15.0. The van der Waals surface area contributed by atoms with E-state index in [9.17, 15) is 9.59 Å². The van der Waals surface area contributed by atoms with Gasteiger partial charge in [-0.15, -0.1) is 11.6 Å². The number of aliphatic hydroxyl groups excluding tert-OH is 2. The summed E-state index contributed by atoms with van der Waals surface area (Å²) in [6.45, 7) is 4.80. The number of carboxylic acid groups (broad SMARTS) is 2. The van der Waals surface area contributed by atoms with Gasteiger partial charge in [0.25, 0.3) is 0 Å². The fourth-order valence-electron chi connectivity index (χ4n) is 6.31. The van der Waals surface area contributed by atoms with Crippen molar-refractivity contribution in [1.29, 1.82) is 0 Å². The van der Waals surface area contributed by atoms with Crippen molar-refractivity contribution in [2.24, 2.45) is 5.73 Å². The van der Waals surface area contributed by atoms with E-state index >= 15 is 0 Å². The summed E-state index contributed by atoms with van der Waals surface area (Å²) in [5.74, 6) is -0.221. The number of alkyl halides is 3. The molecule has 5 atom stereocenters. The predicted molar refractivity (Wildman–Crippen MR) is 277 cm³/mol. The van der Waals surface area contributed by atoms with Crippen LogP contribution in [0.25, 0.3) is 0 Å². The number of aliphatic carboxylic acids is 2. The summed E-state index contributed by atoms with van der Waals surface area (Å²) in [6.07, 6.45) is 17.5. The Kier molecular flexibility index (Phi) is 52.9. The molecule has 3 saturated carbocycles. The number of rotatable bonds is 15. The predicted octanol–water partition coefficient (Wildman–Crippen LogP) is 8.06. The second kappa shape index (κ2) is 50.3. The number of halogens is 3. The van der Waals surface area contributed by atoms with E-state index in [-0.39, 0.29) is 88.0 Å². The molecule has 0 spiro atoms. The number of ether oxygens (including phenoxy) is 6. The zero-order chi connectivity index (χ0) is 53.1.